The highest BCUT2D eigenvalue weighted by molar-refractivity contribution is 4.81. The summed E-state index contributed by atoms with van der Waals surface area (Å²) in [6.45, 7) is 9.01. The van der Waals surface area contributed by atoms with E-state index in [0.29, 0.717) is 12.2 Å². The number of ether oxygens (including phenoxy) is 1. The molecule has 0 aromatic rings. The summed E-state index contributed by atoms with van der Waals surface area (Å²) in [4.78, 5) is 2.64. The van der Waals surface area contributed by atoms with Gasteiger partial charge in [-0.3, -0.25) is 4.90 Å². The molecule has 2 fully saturated rings. The average Bonchev–Trinajstić information content (AvgIpc) is 2.43. The Morgan fingerprint density at radius 2 is 1.80 bits per heavy atom. The van der Waals surface area contributed by atoms with Gasteiger partial charge in [-0.05, 0) is 46.2 Å². The molecular formula is C12H24N2O. The van der Waals surface area contributed by atoms with Gasteiger partial charge in [-0.1, -0.05) is 0 Å². The number of rotatable bonds is 1. The van der Waals surface area contributed by atoms with E-state index in [0.717, 1.165) is 19.1 Å². The van der Waals surface area contributed by atoms with Crippen molar-refractivity contribution in [1.29, 1.82) is 0 Å². The molecule has 2 rings (SSSR count). The Hall–Kier alpha value is -0.120. The smallest absolute Gasteiger partial charge is 0.0678 e. The summed E-state index contributed by atoms with van der Waals surface area (Å²) >= 11 is 0. The lowest BCUT2D eigenvalue weighted by Gasteiger charge is -2.40. The molecule has 1 N–H and O–H groups in total. The summed E-state index contributed by atoms with van der Waals surface area (Å²) in [6.07, 6.45) is 4.80. The molecule has 0 radical (unpaired) electrons. The van der Waals surface area contributed by atoms with Crippen LogP contribution in [0.15, 0.2) is 0 Å². The molecule has 88 valence electrons. The molecule has 3 heteroatoms. The first-order valence-corrected chi connectivity index (χ1v) is 6.36. The molecular weight excluding hydrogens is 188 g/mol. The Bertz CT molecular complexity index is 180. The van der Waals surface area contributed by atoms with Crippen LogP contribution in [0.1, 0.15) is 33.1 Å². The quantitative estimate of drug-likeness (QED) is 0.708. The van der Waals surface area contributed by atoms with Crippen LogP contribution in [0.3, 0.4) is 0 Å². The van der Waals surface area contributed by atoms with Gasteiger partial charge >= 0.3 is 0 Å². The average molecular weight is 212 g/mol. The van der Waals surface area contributed by atoms with Crippen LogP contribution in [0.25, 0.3) is 0 Å². The van der Waals surface area contributed by atoms with Gasteiger partial charge in [0, 0.05) is 19.1 Å². The van der Waals surface area contributed by atoms with Crippen molar-refractivity contribution < 1.29 is 4.74 Å². The number of nitrogens with one attached hydrogen (secondary N) is 1. The standard InChI is InChI=1S/C12H24N2O/c1-10-8-14(9-11(2)15-10)12-4-3-6-13-7-5-12/h10-13H,3-9H2,1-2H3. The molecule has 2 aliphatic rings. The molecule has 2 heterocycles. The zero-order chi connectivity index (χ0) is 10.7. The second-order valence-corrected chi connectivity index (χ2v) is 5.05. The second-order valence-electron chi connectivity index (χ2n) is 5.05. The van der Waals surface area contributed by atoms with E-state index < -0.39 is 0 Å². The van der Waals surface area contributed by atoms with E-state index in [1.54, 1.807) is 0 Å². The van der Waals surface area contributed by atoms with Crippen molar-refractivity contribution in [3.63, 3.8) is 0 Å². The van der Waals surface area contributed by atoms with Gasteiger partial charge in [-0.15, -0.1) is 0 Å². The van der Waals surface area contributed by atoms with Crippen molar-refractivity contribution >= 4 is 0 Å². The van der Waals surface area contributed by atoms with E-state index in [2.05, 4.69) is 24.1 Å². The van der Waals surface area contributed by atoms with Gasteiger partial charge in [-0.25, -0.2) is 0 Å². The van der Waals surface area contributed by atoms with Crippen molar-refractivity contribution in [2.45, 2.75) is 51.4 Å². The molecule has 0 aromatic carbocycles. The summed E-state index contributed by atoms with van der Waals surface area (Å²) in [5, 5.41) is 3.48. The van der Waals surface area contributed by atoms with Crippen LogP contribution in [-0.4, -0.2) is 49.3 Å². The van der Waals surface area contributed by atoms with Crippen molar-refractivity contribution in [3.8, 4) is 0 Å². The predicted molar refractivity (Wildman–Crippen MR) is 62.1 cm³/mol. The Balaban J connectivity index is 1.89. The first-order chi connectivity index (χ1) is 7.25. The summed E-state index contributed by atoms with van der Waals surface area (Å²) in [7, 11) is 0. The predicted octanol–water partition coefficient (Wildman–Crippen LogP) is 1.24. The van der Waals surface area contributed by atoms with Crippen LogP contribution in [0, 0.1) is 0 Å². The number of nitrogens with zero attached hydrogens (tertiary/aromatic N) is 1. The lowest BCUT2D eigenvalue weighted by atomic mass is 10.1. The Morgan fingerprint density at radius 3 is 2.53 bits per heavy atom. The molecule has 0 amide bonds. The van der Waals surface area contributed by atoms with Crippen LogP contribution < -0.4 is 5.32 Å². The first kappa shape index (κ1) is 11.4. The summed E-state index contributed by atoms with van der Waals surface area (Å²) in [6, 6.07) is 0.786. The van der Waals surface area contributed by atoms with Crippen LogP contribution in [0.5, 0.6) is 0 Å². The van der Waals surface area contributed by atoms with E-state index in [4.69, 9.17) is 4.74 Å². The van der Waals surface area contributed by atoms with Crippen LogP contribution >= 0.6 is 0 Å². The van der Waals surface area contributed by atoms with Crippen molar-refractivity contribution in [1.82, 2.24) is 10.2 Å². The van der Waals surface area contributed by atoms with E-state index in [1.807, 2.05) is 0 Å². The van der Waals surface area contributed by atoms with Gasteiger partial charge in [0.25, 0.3) is 0 Å². The molecule has 0 aromatic heterocycles. The van der Waals surface area contributed by atoms with Crippen molar-refractivity contribution in [2.75, 3.05) is 26.2 Å². The van der Waals surface area contributed by atoms with Gasteiger partial charge in [0.15, 0.2) is 0 Å². The largest absolute Gasteiger partial charge is 0.373 e. The minimum Gasteiger partial charge on any atom is -0.373 e. The van der Waals surface area contributed by atoms with Gasteiger partial charge < -0.3 is 10.1 Å². The summed E-state index contributed by atoms with van der Waals surface area (Å²) in [5.41, 5.74) is 0. The molecule has 3 unspecified atom stereocenters. The summed E-state index contributed by atoms with van der Waals surface area (Å²) < 4.78 is 5.78. The van der Waals surface area contributed by atoms with Gasteiger partial charge in [0.2, 0.25) is 0 Å². The molecule has 0 aliphatic carbocycles. The number of hydrogen-bond acceptors (Lipinski definition) is 3. The Labute approximate surface area is 93.2 Å². The lowest BCUT2D eigenvalue weighted by molar-refractivity contribution is -0.0815. The fraction of sp³-hybridized carbons (Fsp3) is 1.00. The molecule has 0 spiro atoms. The zero-order valence-corrected chi connectivity index (χ0v) is 10.0. The number of hydrogen-bond donors (Lipinski definition) is 1. The second kappa shape index (κ2) is 5.28. The molecule has 0 bridgehead atoms. The number of morpholine rings is 1. The van der Waals surface area contributed by atoms with Crippen molar-refractivity contribution in [2.24, 2.45) is 0 Å². The third-order valence-corrected chi connectivity index (χ3v) is 3.51. The van der Waals surface area contributed by atoms with E-state index in [-0.39, 0.29) is 0 Å². The van der Waals surface area contributed by atoms with Crippen molar-refractivity contribution in [3.05, 3.63) is 0 Å². The summed E-state index contributed by atoms with van der Waals surface area (Å²) in [5.74, 6) is 0. The molecule has 3 atom stereocenters. The maximum Gasteiger partial charge on any atom is 0.0678 e. The van der Waals surface area contributed by atoms with Crippen LogP contribution in [-0.2, 0) is 4.74 Å². The SMILES string of the molecule is CC1CN(C2CCCNCC2)CC(C)O1. The van der Waals surface area contributed by atoms with Gasteiger partial charge in [0.1, 0.15) is 0 Å². The topological polar surface area (TPSA) is 24.5 Å². The molecule has 3 nitrogen and oxygen atoms in total. The monoisotopic (exact) mass is 212 g/mol. The van der Waals surface area contributed by atoms with E-state index in [1.165, 1.54) is 32.4 Å². The fourth-order valence-electron chi connectivity index (χ4n) is 2.88. The minimum atomic E-state index is 0.407. The van der Waals surface area contributed by atoms with Crippen LogP contribution in [0.4, 0.5) is 0 Å². The van der Waals surface area contributed by atoms with Gasteiger partial charge in [0.05, 0.1) is 12.2 Å². The van der Waals surface area contributed by atoms with Crippen LogP contribution in [0.2, 0.25) is 0 Å². The third kappa shape index (κ3) is 3.16. The fourth-order valence-corrected chi connectivity index (χ4v) is 2.88. The third-order valence-electron chi connectivity index (χ3n) is 3.51. The highest BCUT2D eigenvalue weighted by Crippen LogP contribution is 2.19. The lowest BCUT2D eigenvalue weighted by Crippen LogP contribution is -2.50. The molecule has 15 heavy (non-hydrogen) atoms. The first-order valence-electron chi connectivity index (χ1n) is 6.36. The Kier molecular flexibility index (Phi) is 4.00. The maximum absolute atomic E-state index is 5.78. The minimum absolute atomic E-state index is 0.407. The molecule has 2 aliphatic heterocycles. The Morgan fingerprint density at radius 1 is 1.07 bits per heavy atom. The van der Waals surface area contributed by atoms with E-state index in [9.17, 15) is 0 Å². The molecule has 2 saturated heterocycles. The zero-order valence-electron chi connectivity index (χ0n) is 10.0. The maximum atomic E-state index is 5.78. The highest BCUT2D eigenvalue weighted by Gasteiger charge is 2.27. The van der Waals surface area contributed by atoms with Gasteiger partial charge in [-0.2, -0.15) is 0 Å². The van der Waals surface area contributed by atoms with E-state index >= 15 is 0 Å². The normalized spacial score (nSPS) is 40.0. The highest BCUT2D eigenvalue weighted by atomic mass is 16.5. The molecule has 0 saturated carbocycles.